The predicted molar refractivity (Wildman–Crippen MR) is 82.7 cm³/mol. The Morgan fingerprint density at radius 1 is 0.778 bits per heavy atom. The molecule has 0 aliphatic carbocycles. The molecule has 0 saturated heterocycles. The van der Waals surface area contributed by atoms with Crippen molar-refractivity contribution in [2.75, 3.05) is 5.34 Å². The second-order valence-electron chi connectivity index (χ2n) is 3.32. The SMILES string of the molecule is ClCCl.Clc1cccc2c1Sc1ccccc1S2. The number of hydrogen-bond acceptors (Lipinski definition) is 2. The highest BCUT2D eigenvalue weighted by atomic mass is 35.5. The zero-order valence-electron chi connectivity index (χ0n) is 9.20. The zero-order valence-corrected chi connectivity index (χ0v) is 13.1. The number of rotatable bonds is 0. The topological polar surface area (TPSA) is 0 Å². The van der Waals surface area contributed by atoms with Crippen LogP contribution in [0.25, 0.3) is 0 Å². The van der Waals surface area contributed by atoms with Crippen LogP contribution in [-0.4, -0.2) is 5.34 Å². The summed E-state index contributed by atoms with van der Waals surface area (Å²) >= 11 is 19.3. The summed E-state index contributed by atoms with van der Waals surface area (Å²) in [5, 5.41) is 1.04. The van der Waals surface area contributed by atoms with Crippen molar-refractivity contribution < 1.29 is 0 Å². The number of fused-ring (bicyclic) bond motifs is 2. The van der Waals surface area contributed by atoms with Crippen LogP contribution >= 0.6 is 58.3 Å². The number of hydrogen-bond donors (Lipinski definition) is 0. The van der Waals surface area contributed by atoms with Crippen molar-refractivity contribution in [1.29, 1.82) is 0 Å². The molecule has 0 bridgehead atoms. The Bertz CT molecular complexity index is 544. The molecule has 3 rings (SSSR count). The first-order valence-electron chi connectivity index (χ1n) is 5.11. The molecule has 0 spiro atoms. The van der Waals surface area contributed by atoms with Gasteiger partial charge in [0.25, 0.3) is 0 Å². The van der Waals surface area contributed by atoms with Gasteiger partial charge in [0.15, 0.2) is 0 Å². The number of benzene rings is 2. The lowest BCUT2D eigenvalue weighted by Gasteiger charge is -2.18. The maximum atomic E-state index is 6.17. The van der Waals surface area contributed by atoms with Gasteiger partial charge in [-0.15, -0.1) is 23.2 Å². The fourth-order valence-electron chi connectivity index (χ4n) is 1.52. The molecule has 94 valence electrons. The van der Waals surface area contributed by atoms with Crippen LogP contribution in [0.4, 0.5) is 0 Å². The molecule has 0 radical (unpaired) electrons. The van der Waals surface area contributed by atoms with Crippen molar-refractivity contribution in [2.45, 2.75) is 19.6 Å². The third-order valence-corrected chi connectivity index (χ3v) is 5.25. The van der Waals surface area contributed by atoms with E-state index in [1.165, 1.54) is 19.6 Å². The summed E-state index contributed by atoms with van der Waals surface area (Å²) in [6, 6.07) is 14.5. The minimum Gasteiger partial charge on any atom is -0.109 e. The molecule has 1 aliphatic heterocycles. The highest BCUT2D eigenvalue weighted by molar-refractivity contribution is 8.05. The van der Waals surface area contributed by atoms with Gasteiger partial charge in [0, 0.05) is 19.6 Å². The second kappa shape index (κ2) is 6.97. The van der Waals surface area contributed by atoms with E-state index in [9.17, 15) is 0 Å². The van der Waals surface area contributed by atoms with E-state index in [1.54, 1.807) is 23.5 Å². The molecule has 0 amide bonds. The van der Waals surface area contributed by atoms with E-state index in [4.69, 9.17) is 34.8 Å². The van der Waals surface area contributed by atoms with Crippen LogP contribution in [0.15, 0.2) is 62.0 Å². The predicted octanol–water partition coefficient (Wildman–Crippen LogP) is 6.38. The normalized spacial score (nSPS) is 11.9. The molecule has 0 saturated carbocycles. The van der Waals surface area contributed by atoms with Gasteiger partial charge in [-0.05, 0) is 24.3 Å². The van der Waals surface area contributed by atoms with E-state index >= 15 is 0 Å². The first-order chi connectivity index (χ1) is 8.76. The Hall–Kier alpha value is 0.01000. The summed E-state index contributed by atoms with van der Waals surface area (Å²) in [4.78, 5) is 5.05. The standard InChI is InChI=1S/C12H7ClS2.CH2Cl2/c13-8-4-3-7-11-12(8)15-10-6-2-1-5-9(10)14-11;2-1-3/h1-7H;1H2. The average molecular weight is 336 g/mol. The lowest BCUT2D eigenvalue weighted by atomic mass is 10.3. The Morgan fingerprint density at radius 3 is 2.00 bits per heavy atom. The van der Waals surface area contributed by atoms with E-state index in [-0.39, 0.29) is 5.34 Å². The molecule has 0 atom stereocenters. The fourth-order valence-corrected chi connectivity index (χ4v) is 4.13. The number of halogens is 3. The Kier molecular flexibility index (Phi) is 5.58. The zero-order chi connectivity index (χ0) is 13.0. The highest BCUT2D eigenvalue weighted by Gasteiger charge is 2.18. The third kappa shape index (κ3) is 3.31. The van der Waals surface area contributed by atoms with Crippen molar-refractivity contribution in [3.05, 3.63) is 47.5 Å². The molecule has 1 aliphatic rings. The van der Waals surface area contributed by atoms with Crippen LogP contribution in [0.3, 0.4) is 0 Å². The lowest BCUT2D eigenvalue weighted by molar-refractivity contribution is 1.16. The summed E-state index contributed by atoms with van der Waals surface area (Å²) in [6.07, 6.45) is 0. The molecule has 0 nitrogen and oxygen atoms in total. The summed E-state index contributed by atoms with van der Waals surface area (Å²) in [7, 11) is 0. The van der Waals surface area contributed by atoms with Crippen LogP contribution in [0, 0.1) is 0 Å². The fraction of sp³-hybridized carbons (Fsp3) is 0.0769. The smallest absolute Gasteiger partial charge is 0.0967 e. The molecule has 2 aromatic carbocycles. The molecule has 0 N–H and O–H groups in total. The molecule has 0 fully saturated rings. The van der Waals surface area contributed by atoms with Gasteiger partial charge in [0.05, 0.1) is 10.4 Å². The number of alkyl halides is 2. The minimum absolute atomic E-state index is 0.194. The van der Waals surface area contributed by atoms with Crippen molar-refractivity contribution in [2.24, 2.45) is 0 Å². The summed E-state index contributed by atoms with van der Waals surface area (Å²) < 4.78 is 0. The summed E-state index contributed by atoms with van der Waals surface area (Å²) in [5.41, 5.74) is 0. The van der Waals surface area contributed by atoms with Gasteiger partial charge < -0.3 is 0 Å². The Balaban J connectivity index is 0.000000367. The largest absolute Gasteiger partial charge is 0.109 e. The molecule has 5 heteroatoms. The Morgan fingerprint density at radius 2 is 1.33 bits per heavy atom. The lowest BCUT2D eigenvalue weighted by Crippen LogP contribution is -1.89. The van der Waals surface area contributed by atoms with E-state index in [0.29, 0.717) is 0 Å². The maximum Gasteiger partial charge on any atom is 0.0967 e. The van der Waals surface area contributed by atoms with E-state index in [1.807, 2.05) is 12.1 Å². The van der Waals surface area contributed by atoms with E-state index in [0.717, 1.165) is 5.02 Å². The first kappa shape index (κ1) is 14.4. The first-order valence-corrected chi connectivity index (χ1v) is 8.19. The van der Waals surface area contributed by atoms with Gasteiger partial charge in [-0.25, -0.2) is 0 Å². The highest BCUT2D eigenvalue weighted by Crippen LogP contribution is 2.50. The van der Waals surface area contributed by atoms with E-state index in [2.05, 4.69) is 30.3 Å². The van der Waals surface area contributed by atoms with Crippen LogP contribution in [0.1, 0.15) is 0 Å². The molecule has 18 heavy (non-hydrogen) atoms. The molecule has 0 aromatic heterocycles. The average Bonchev–Trinajstić information content (AvgIpc) is 2.38. The van der Waals surface area contributed by atoms with Gasteiger partial charge in [-0.3, -0.25) is 0 Å². The van der Waals surface area contributed by atoms with Crippen molar-refractivity contribution in [3.63, 3.8) is 0 Å². The quantitative estimate of drug-likeness (QED) is 0.437. The van der Waals surface area contributed by atoms with Crippen LogP contribution in [0.5, 0.6) is 0 Å². The van der Waals surface area contributed by atoms with Crippen molar-refractivity contribution in [1.82, 2.24) is 0 Å². The molecular weight excluding hydrogens is 327 g/mol. The van der Waals surface area contributed by atoms with Gasteiger partial charge in [-0.2, -0.15) is 0 Å². The summed E-state index contributed by atoms with van der Waals surface area (Å²) in [6.45, 7) is 0. The molecule has 1 heterocycles. The molecule has 2 aromatic rings. The van der Waals surface area contributed by atoms with Gasteiger partial charge >= 0.3 is 0 Å². The van der Waals surface area contributed by atoms with Crippen LogP contribution in [-0.2, 0) is 0 Å². The second-order valence-corrected chi connectivity index (χ2v) is 6.67. The van der Waals surface area contributed by atoms with Crippen molar-refractivity contribution in [3.8, 4) is 0 Å². The Labute approximate surface area is 130 Å². The third-order valence-electron chi connectivity index (χ3n) is 2.21. The minimum atomic E-state index is 0.194. The summed E-state index contributed by atoms with van der Waals surface area (Å²) in [5.74, 6) is 0. The molecular formula is C13H9Cl3S2. The van der Waals surface area contributed by atoms with Crippen LogP contribution < -0.4 is 0 Å². The van der Waals surface area contributed by atoms with Gasteiger partial charge in [-0.1, -0.05) is 53.3 Å². The maximum absolute atomic E-state index is 6.17. The van der Waals surface area contributed by atoms with Crippen molar-refractivity contribution >= 4 is 58.3 Å². The van der Waals surface area contributed by atoms with Gasteiger partial charge in [0.2, 0.25) is 0 Å². The van der Waals surface area contributed by atoms with E-state index < -0.39 is 0 Å². The van der Waals surface area contributed by atoms with Gasteiger partial charge in [0.1, 0.15) is 0 Å². The molecule has 0 unspecified atom stereocenters. The van der Waals surface area contributed by atoms with Crippen LogP contribution in [0.2, 0.25) is 5.02 Å². The monoisotopic (exact) mass is 334 g/mol.